The van der Waals surface area contributed by atoms with E-state index in [2.05, 4.69) is 4.84 Å². The third-order valence-corrected chi connectivity index (χ3v) is 1.76. The summed E-state index contributed by atoms with van der Waals surface area (Å²) in [6.07, 6.45) is -3.25. The van der Waals surface area contributed by atoms with Crippen LogP contribution in [0.5, 0.6) is 0 Å². The fourth-order valence-corrected chi connectivity index (χ4v) is 0.932. The highest BCUT2D eigenvalue weighted by atomic mass is 19.4. The first-order valence-electron chi connectivity index (χ1n) is 4.39. The van der Waals surface area contributed by atoms with E-state index in [4.69, 9.17) is 0 Å². The second kappa shape index (κ2) is 5.85. The van der Waals surface area contributed by atoms with Crippen LogP contribution >= 0.6 is 0 Å². The molecule has 0 aromatic rings. The number of alkyl halides is 3. The molecular formula is C8H14F3NO2. The molecule has 0 aliphatic rings. The lowest BCUT2D eigenvalue weighted by molar-refractivity contribution is -0.192. The molecule has 0 saturated heterocycles. The standard InChI is InChI=1S/C8H14F3NO2/c1-3-6(4-2)7(13)12-14-5-8(9,10)11/h6H,3-5H2,1-2H3,(H,12,13). The van der Waals surface area contributed by atoms with E-state index in [-0.39, 0.29) is 5.92 Å². The van der Waals surface area contributed by atoms with Gasteiger partial charge in [-0.25, -0.2) is 5.48 Å². The molecule has 6 heteroatoms. The second-order valence-corrected chi connectivity index (χ2v) is 2.88. The minimum Gasteiger partial charge on any atom is -0.273 e. The zero-order valence-corrected chi connectivity index (χ0v) is 8.15. The van der Waals surface area contributed by atoms with E-state index in [0.29, 0.717) is 12.8 Å². The van der Waals surface area contributed by atoms with Gasteiger partial charge in [-0.2, -0.15) is 13.2 Å². The summed E-state index contributed by atoms with van der Waals surface area (Å²) in [4.78, 5) is 15.1. The number of halogens is 3. The molecule has 0 aromatic carbocycles. The van der Waals surface area contributed by atoms with Crippen LogP contribution < -0.4 is 5.48 Å². The molecule has 1 amide bonds. The molecule has 0 aliphatic heterocycles. The van der Waals surface area contributed by atoms with E-state index in [1.54, 1.807) is 19.3 Å². The molecule has 0 aliphatic carbocycles. The summed E-state index contributed by atoms with van der Waals surface area (Å²) in [5.41, 5.74) is 1.78. The van der Waals surface area contributed by atoms with Crippen molar-refractivity contribution in [1.82, 2.24) is 5.48 Å². The number of hydrogen-bond donors (Lipinski definition) is 1. The van der Waals surface area contributed by atoms with Crippen LogP contribution in [0, 0.1) is 5.92 Å². The molecule has 0 saturated carbocycles. The zero-order valence-electron chi connectivity index (χ0n) is 8.15. The Labute approximate surface area is 80.6 Å². The van der Waals surface area contributed by atoms with Crippen LogP contribution in [-0.2, 0) is 9.63 Å². The van der Waals surface area contributed by atoms with Crippen LogP contribution in [0.25, 0.3) is 0 Å². The lowest BCUT2D eigenvalue weighted by atomic mass is 10.0. The minimum absolute atomic E-state index is 0.289. The highest BCUT2D eigenvalue weighted by molar-refractivity contribution is 5.77. The van der Waals surface area contributed by atoms with Crippen molar-refractivity contribution < 1.29 is 22.8 Å². The van der Waals surface area contributed by atoms with E-state index in [0.717, 1.165) is 0 Å². The number of carbonyl (C=O) groups excluding carboxylic acids is 1. The lowest BCUT2D eigenvalue weighted by Gasteiger charge is -2.13. The molecule has 14 heavy (non-hydrogen) atoms. The molecule has 0 rings (SSSR count). The Kier molecular flexibility index (Phi) is 5.52. The van der Waals surface area contributed by atoms with Gasteiger partial charge in [-0.3, -0.25) is 9.63 Å². The van der Waals surface area contributed by atoms with Gasteiger partial charge in [0.2, 0.25) is 5.91 Å². The summed E-state index contributed by atoms with van der Waals surface area (Å²) in [5, 5.41) is 0. The number of amides is 1. The lowest BCUT2D eigenvalue weighted by Crippen LogP contribution is -2.33. The van der Waals surface area contributed by atoms with Crippen LogP contribution in [0.4, 0.5) is 13.2 Å². The van der Waals surface area contributed by atoms with Crippen LogP contribution in [-0.4, -0.2) is 18.7 Å². The van der Waals surface area contributed by atoms with Crippen LogP contribution in [0.1, 0.15) is 26.7 Å². The van der Waals surface area contributed by atoms with E-state index in [1.165, 1.54) is 0 Å². The third-order valence-electron chi connectivity index (χ3n) is 1.76. The normalized spacial score (nSPS) is 11.9. The number of hydrogen-bond acceptors (Lipinski definition) is 2. The van der Waals surface area contributed by atoms with Gasteiger partial charge in [0.05, 0.1) is 0 Å². The fourth-order valence-electron chi connectivity index (χ4n) is 0.932. The molecule has 3 nitrogen and oxygen atoms in total. The van der Waals surface area contributed by atoms with Gasteiger partial charge in [0.25, 0.3) is 0 Å². The van der Waals surface area contributed by atoms with Crippen molar-refractivity contribution in [1.29, 1.82) is 0 Å². The molecular weight excluding hydrogens is 199 g/mol. The van der Waals surface area contributed by atoms with Gasteiger partial charge < -0.3 is 0 Å². The van der Waals surface area contributed by atoms with Crippen molar-refractivity contribution in [2.45, 2.75) is 32.9 Å². The smallest absolute Gasteiger partial charge is 0.273 e. The Hall–Kier alpha value is -0.780. The summed E-state index contributed by atoms with van der Waals surface area (Å²) in [5.74, 6) is -0.789. The molecule has 0 bridgehead atoms. The molecule has 0 radical (unpaired) electrons. The van der Waals surface area contributed by atoms with Crippen molar-refractivity contribution in [3.8, 4) is 0 Å². The highest BCUT2D eigenvalue weighted by Gasteiger charge is 2.28. The van der Waals surface area contributed by atoms with Crippen molar-refractivity contribution in [2.24, 2.45) is 5.92 Å². The first-order chi connectivity index (χ1) is 6.40. The van der Waals surface area contributed by atoms with Crippen molar-refractivity contribution in [2.75, 3.05) is 6.61 Å². The maximum Gasteiger partial charge on any atom is 0.414 e. The first kappa shape index (κ1) is 13.2. The van der Waals surface area contributed by atoms with Gasteiger partial charge in [-0.1, -0.05) is 13.8 Å². The van der Waals surface area contributed by atoms with Crippen LogP contribution in [0.15, 0.2) is 0 Å². The average molecular weight is 213 g/mol. The topological polar surface area (TPSA) is 38.3 Å². The first-order valence-corrected chi connectivity index (χ1v) is 4.39. The molecule has 1 N–H and O–H groups in total. The van der Waals surface area contributed by atoms with Gasteiger partial charge in [-0.05, 0) is 12.8 Å². The van der Waals surface area contributed by atoms with E-state index in [1.807, 2.05) is 0 Å². The summed E-state index contributed by atoms with van der Waals surface area (Å²) in [6.45, 7) is 2.12. The van der Waals surface area contributed by atoms with Gasteiger partial charge >= 0.3 is 6.18 Å². The van der Waals surface area contributed by atoms with E-state index >= 15 is 0 Å². The van der Waals surface area contributed by atoms with Gasteiger partial charge in [0, 0.05) is 5.92 Å². The zero-order chi connectivity index (χ0) is 11.2. The largest absolute Gasteiger partial charge is 0.414 e. The van der Waals surface area contributed by atoms with Gasteiger partial charge in [-0.15, -0.1) is 0 Å². The summed E-state index contributed by atoms with van der Waals surface area (Å²) in [6, 6.07) is 0. The van der Waals surface area contributed by atoms with Crippen molar-refractivity contribution >= 4 is 5.91 Å². The fraction of sp³-hybridized carbons (Fsp3) is 0.875. The average Bonchev–Trinajstić information content (AvgIpc) is 2.04. The molecule has 0 atom stereocenters. The Morgan fingerprint density at radius 1 is 1.36 bits per heavy atom. The Morgan fingerprint density at radius 2 is 1.86 bits per heavy atom. The summed E-state index contributed by atoms with van der Waals surface area (Å²) >= 11 is 0. The van der Waals surface area contributed by atoms with Gasteiger partial charge in [0.15, 0.2) is 6.61 Å². The number of nitrogens with one attached hydrogen (secondary N) is 1. The summed E-state index contributed by atoms with van der Waals surface area (Å²) < 4.78 is 34.8. The third kappa shape index (κ3) is 5.80. The number of rotatable bonds is 5. The maximum absolute atomic E-state index is 11.6. The molecule has 0 unspecified atom stereocenters. The Bertz CT molecular complexity index is 178. The number of carbonyl (C=O) groups is 1. The minimum atomic E-state index is -4.42. The van der Waals surface area contributed by atoms with Crippen LogP contribution in [0.2, 0.25) is 0 Å². The highest BCUT2D eigenvalue weighted by Crippen LogP contribution is 2.14. The summed E-state index contributed by atoms with van der Waals surface area (Å²) in [7, 11) is 0. The number of hydroxylamine groups is 1. The van der Waals surface area contributed by atoms with E-state index < -0.39 is 18.7 Å². The monoisotopic (exact) mass is 213 g/mol. The maximum atomic E-state index is 11.6. The van der Waals surface area contributed by atoms with Crippen LogP contribution in [0.3, 0.4) is 0 Å². The second-order valence-electron chi connectivity index (χ2n) is 2.88. The SMILES string of the molecule is CCC(CC)C(=O)NOCC(F)(F)F. The quantitative estimate of drug-likeness (QED) is 0.709. The Balaban J connectivity index is 3.74. The van der Waals surface area contributed by atoms with Gasteiger partial charge in [0.1, 0.15) is 0 Å². The molecule has 0 spiro atoms. The van der Waals surface area contributed by atoms with Crippen molar-refractivity contribution in [3.05, 3.63) is 0 Å². The molecule has 84 valence electrons. The molecule has 0 fully saturated rings. The predicted molar refractivity (Wildman–Crippen MR) is 44.2 cm³/mol. The predicted octanol–water partition coefficient (Wildman–Crippen LogP) is 2.03. The van der Waals surface area contributed by atoms with Crippen molar-refractivity contribution in [3.63, 3.8) is 0 Å². The molecule has 0 aromatic heterocycles. The molecule has 0 heterocycles. The van der Waals surface area contributed by atoms with E-state index in [9.17, 15) is 18.0 Å². The Morgan fingerprint density at radius 3 is 2.21 bits per heavy atom.